The van der Waals surface area contributed by atoms with Crippen LogP contribution in [-0.4, -0.2) is 20.9 Å². The summed E-state index contributed by atoms with van der Waals surface area (Å²) in [7, 11) is 1.79. The number of aliphatic carboxylic acids is 1. The maximum atomic E-state index is 11.7. The minimum atomic E-state index is -1.18. The molecule has 0 aliphatic rings. The van der Waals surface area contributed by atoms with Crippen molar-refractivity contribution in [3.8, 4) is 17.0 Å². The van der Waals surface area contributed by atoms with Crippen LogP contribution in [0.3, 0.4) is 0 Å². The lowest BCUT2D eigenvalue weighted by Gasteiger charge is -2.18. The van der Waals surface area contributed by atoms with E-state index in [1.54, 1.807) is 66.5 Å². The molecule has 7 heteroatoms. The molecular formula is C18H14Cl2N2O3. The summed E-state index contributed by atoms with van der Waals surface area (Å²) in [5.74, 6) is -0.727. The number of carbonyl (C=O) groups is 1. The van der Waals surface area contributed by atoms with E-state index < -0.39 is 12.1 Å². The van der Waals surface area contributed by atoms with Gasteiger partial charge in [-0.3, -0.25) is 4.68 Å². The Bertz CT molecular complexity index is 907. The number of rotatable bonds is 5. The van der Waals surface area contributed by atoms with E-state index in [1.807, 2.05) is 0 Å². The third-order valence-corrected chi connectivity index (χ3v) is 4.06. The van der Waals surface area contributed by atoms with Crippen molar-refractivity contribution >= 4 is 29.2 Å². The molecule has 5 nitrogen and oxygen atoms in total. The zero-order chi connectivity index (χ0) is 18.0. The van der Waals surface area contributed by atoms with Crippen LogP contribution in [0, 0.1) is 0 Å². The minimum Gasteiger partial charge on any atom is -0.478 e. The van der Waals surface area contributed by atoms with Gasteiger partial charge in [0.2, 0.25) is 6.10 Å². The highest BCUT2D eigenvalue weighted by Crippen LogP contribution is 2.34. The van der Waals surface area contributed by atoms with Crippen LogP contribution < -0.4 is 4.74 Å². The zero-order valence-corrected chi connectivity index (χ0v) is 14.7. The van der Waals surface area contributed by atoms with Crippen molar-refractivity contribution < 1.29 is 14.6 Å². The number of aryl methyl sites for hydroxylation is 1. The second kappa shape index (κ2) is 7.17. The van der Waals surface area contributed by atoms with Gasteiger partial charge in [-0.15, -0.1) is 0 Å². The fourth-order valence-corrected chi connectivity index (χ4v) is 2.69. The van der Waals surface area contributed by atoms with E-state index in [0.29, 0.717) is 32.6 Å². The van der Waals surface area contributed by atoms with Gasteiger partial charge >= 0.3 is 5.97 Å². The van der Waals surface area contributed by atoms with Crippen LogP contribution in [0.5, 0.6) is 5.75 Å². The molecule has 0 saturated heterocycles. The summed E-state index contributed by atoms with van der Waals surface area (Å²) < 4.78 is 7.45. The van der Waals surface area contributed by atoms with Gasteiger partial charge in [0.25, 0.3) is 0 Å². The first-order valence-corrected chi connectivity index (χ1v) is 8.14. The van der Waals surface area contributed by atoms with Crippen LogP contribution in [0.25, 0.3) is 11.3 Å². The summed E-state index contributed by atoms with van der Waals surface area (Å²) in [4.78, 5) is 11.7. The summed E-state index contributed by atoms with van der Waals surface area (Å²) in [5, 5.41) is 14.9. The number of hydrogen-bond donors (Lipinski definition) is 1. The number of aromatic nitrogens is 2. The quantitative estimate of drug-likeness (QED) is 0.706. The molecule has 0 amide bonds. The maximum absolute atomic E-state index is 11.7. The average molecular weight is 377 g/mol. The molecule has 0 spiro atoms. The summed E-state index contributed by atoms with van der Waals surface area (Å²) in [6.07, 6.45) is 0.606. The van der Waals surface area contributed by atoms with Gasteiger partial charge in [-0.1, -0.05) is 35.3 Å². The van der Waals surface area contributed by atoms with Crippen LogP contribution >= 0.6 is 23.2 Å². The molecule has 1 unspecified atom stereocenters. The first kappa shape index (κ1) is 17.3. The van der Waals surface area contributed by atoms with Crippen LogP contribution in [0.2, 0.25) is 10.0 Å². The first-order valence-electron chi connectivity index (χ1n) is 7.38. The van der Waals surface area contributed by atoms with Crippen LogP contribution in [0.1, 0.15) is 11.7 Å². The monoisotopic (exact) mass is 376 g/mol. The van der Waals surface area contributed by atoms with Crippen LogP contribution in [0.15, 0.2) is 54.7 Å². The molecule has 0 saturated carbocycles. The topological polar surface area (TPSA) is 64.3 Å². The number of hydrogen-bond acceptors (Lipinski definition) is 3. The van der Waals surface area contributed by atoms with Crippen molar-refractivity contribution in [2.45, 2.75) is 6.10 Å². The van der Waals surface area contributed by atoms with E-state index >= 15 is 0 Å². The van der Waals surface area contributed by atoms with Gasteiger partial charge in [-0.05, 0) is 36.4 Å². The summed E-state index contributed by atoms with van der Waals surface area (Å²) in [6.45, 7) is 0. The van der Waals surface area contributed by atoms with Crippen molar-refractivity contribution in [1.29, 1.82) is 0 Å². The largest absolute Gasteiger partial charge is 0.478 e. The Morgan fingerprint density at radius 3 is 2.40 bits per heavy atom. The van der Waals surface area contributed by atoms with E-state index in [-0.39, 0.29) is 0 Å². The summed E-state index contributed by atoms with van der Waals surface area (Å²) >= 11 is 12.0. The van der Waals surface area contributed by atoms with Gasteiger partial charge in [-0.2, -0.15) is 5.10 Å². The molecule has 1 atom stereocenters. The molecule has 0 aliphatic heterocycles. The molecular weight excluding hydrogens is 363 g/mol. The standard InChI is InChI=1S/C18H14Cl2N2O3/c1-22-9-8-15(21-22)14-10-13(20)6-7-16(14)25-17(18(23)24)11-2-4-12(19)5-3-11/h2-10,17H,1H3,(H,23,24). The van der Waals surface area contributed by atoms with Gasteiger partial charge in [0.05, 0.1) is 5.69 Å². The van der Waals surface area contributed by atoms with Crippen molar-refractivity contribution in [3.63, 3.8) is 0 Å². The third-order valence-electron chi connectivity index (χ3n) is 3.57. The molecule has 1 N–H and O–H groups in total. The molecule has 3 rings (SSSR count). The number of carboxylic acids is 1. The Morgan fingerprint density at radius 2 is 1.80 bits per heavy atom. The Balaban J connectivity index is 2.00. The van der Waals surface area contributed by atoms with E-state index in [0.717, 1.165) is 0 Å². The Labute approximate surface area is 154 Å². The van der Waals surface area contributed by atoms with Crippen LogP contribution in [0.4, 0.5) is 0 Å². The minimum absolute atomic E-state index is 0.380. The van der Waals surface area contributed by atoms with Gasteiger partial charge in [0, 0.05) is 34.4 Å². The van der Waals surface area contributed by atoms with Gasteiger partial charge < -0.3 is 9.84 Å². The Morgan fingerprint density at radius 1 is 1.12 bits per heavy atom. The first-order chi connectivity index (χ1) is 11.9. The zero-order valence-electron chi connectivity index (χ0n) is 13.2. The Kier molecular flexibility index (Phi) is 4.97. The molecule has 3 aromatic rings. The van der Waals surface area contributed by atoms with Crippen LogP contribution in [-0.2, 0) is 11.8 Å². The third kappa shape index (κ3) is 3.95. The SMILES string of the molecule is Cn1ccc(-c2cc(Cl)ccc2OC(C(=O)O)c2ccc(Cl)cc2)n1. The molecule has 1 aromatic heterocycles. The van der Waals surface area contributed by atoms with Crippen molar-refractivity contribution in [2.75, 3.05) is 0 Å². The summed E-state index contributed by atoms with van der Waals surface area (Å²) in [6, 6.07) is 13.3. The lowest BCUT2D eigenvalue weighted by molar-refractivity contribution is -0.145. The lowest BCUT2D eigenvalue weighted by atomic mass is 10.1. The number of nitrogens with zero attached hydrogens (tertiary/aromatic N) is 2. The number of ether oxygens (including phenoxy) is 1. The highest BCUT2D eigenvalue weighted by Gasteiger charge is 2.24. The molecule has 128 valence electrons. The normalized spacial score (nSPS) is 12.0. The van der Waals surface area contributed by atoms with E-state index in [9.17, 15) is 9.90 Å². The van der Waals surface area contributed by atoms with E-state index in [1.165, 1.54) is 0 Å². The number of benzene rings is 2. The van der Waals surface area contributed by atoms with Gasteiger partial charge in [0.15, 0.2) is 0 Å². The second-order valence-electron chi connectivity index (χ2n) is 5.40. The molecule has 0 radical (unpaired) electrons. The van der Waals surface area contributed by atoms with Gasteiger partial charge in [-0.25, -0.2) is 4.79 Å². The predicted molar refractivity (Wildman–Crippen MR) is 96.1 cm³/mol. The maximum Gasteiger partial charge on any atom is 0.349 e. The summed E-state index contributed by atoms with van der Waals surface area (Å²) in [5.41, 5.74) is 1.74. The predicted octanol–water partition coefficient (Wildman–Crippen LogP) is 4.60. The number of halogens is 2. The fraction of sp³-hybridized carbons (Fsp3) is 0.111. The smallest absolute Gasteiger partial charge is 0.349 e. The van der Waals surface area contributed by atoms with Gasteiger partial charge in [0.1, 0.15) is 5.75 Å². The van der Waals surface area contributed by atoms with E-state index in [2.05, 4.69) is 5.10 Å². The molecule has 1 heterocycles. The molecule has 0 bridgehead atoms. The molecule has 0 aliphatic carbocycles. The molecule has 0 fully saturated rings. The Hall–Kier alpha value is -2.50. The van der Waals surface area contributed by atoms with Crippen molar-refractivity contribution in [2.24, 2.45) is 7.05 Å². The molecule has 25 heavy (non-hydrogen) atoms. The van der Waals surface area contributed by atoms with Crippen molar-refractivity contribution in [3.05, 3.63) is 70.3 Å². The fourth-order valence-electron chi connectivity index (χ4n) is 2.39. The van der Waals surface area contributed by atoms with E-state index in [4.69, 9.17) is 27.9 Å². The number of carboxylic acid groups (broad SMARTS) is 1. The second-order valence-corrected chi connectivity index (χ2v) is 6.28. The highest BCUT2D eigenvalue weighted by molar-refractivity contribution is 6.31. The average Bonchev–Trinajstić information content (AvgIpc) is 3.01. The lowest BCUT2D eigenvalue weighted by Crippen LogP contribution is -2.18. The van der Waals surface area contributed by atoms with Crippen molar-refractivity contribution in [1.82, 2.24) is 9.78 Å². The highest BCUT2D eigenvalue weighted by atomic mass is 35.5. The molecule has 2 aromatic carbocycles.